The zero-order chi connectivity index (χ0) is 27.3. The van der Waals surface area contributed by atoms with Gasteiger partial charge in [0.1, 0.15) is 12.4 Å². The lowest BCUT2D eigenvalue weighted by molar-refractivity contribution is 0.202. The SMILES string of the molecule is OCCCc1ccc2cc(-c3ccccc3)ccc2c1-c1c(OCCO)ccc2cc(-c3ccccc3)ccc12. The highest BCUT2D eigenvalue weighted by molar-refractivity contribution is 6.10. The molecule has 0 fully saturated rings. The van der Waals surface area contributed by atoms with Crippen LogP contribution < -0.4 is 4.74 Å². The van der Waals surface area contributed by atoms with Crippen molar-refractivity contribution in [2.24, 2.45) is 0 Å². The molecule has 0 aromatic heterocycles. The molecule has 40 heavy (non-hydrogen) atoms. The Morgan fingerprint density at radius 2 is 1.07 bits per heavy atom. The molecule has 0 aliphatic rings. The molecule has 0 unspecified atom stereocenters. The van der Waals surface area contributed by atoms with Crippen LogP contribution in [-0.4, -0.2) is 30.0 Å². The van der Waals surface area contributed by atoms with Crippen LogP contribution in [0.25, 0.3) is 54.9 Å². The van der Waals surface area contributed by atoms with Crippen molar-refractivity contribution in [3.05, 3.63) is 127 Å². The lowest BCUT2D eigenvalue weighted by Crippen LogP contribution is -2.04. The zero-order valence-corrected chi connectivity index (χ0v) is 22.4. The average molecular weight is 525 g/mol. The Kier molecular flexibility index (Phi) is 7.58. The van der Waals surface area contributed by atoms with Gasteiger partial charge in [0.05, 0.1) is 6.61 Å². The molecule has 0 heterocycles. The van der Waals surface area contributed by atoms with Crippen LogP contribution in [0.15, 0.2) is 121 Å². The maximum absolute atomic E-state index is 9.69. The van der Waals surface area contributed by atoms with E-state index in [1.165, 1.54) is 22.3 Å². The minimum atomic E-state index is -0.0578. The third-order valence-electron chi connectivity index (χ3n) is 7.50. The van der Waals surface area contributed by atoms with Gasteiger partial charge in [0, 0.05) is 12.2 Å². The zero-order valence-electron chi connectivity index (χ0n) is 22.4. The normalized spacial score (nSPS) is 11.2. The number of benzene rings is 6. The first-order chi connectivity index (χ1) is 19.8. The molecule has 0 amide bonds. The van der Waals surface area contributed by atoms with Gasteiger partial charge in [-0.3, -0.25) is 0 Å². The average Bonchev–Trinajstić information content (AvgIpc) is 3.02. The van der Waals surface area contributed by atoms with E-state index < -0.39 is 0 Å². The van der Waals surface area contributed by atoms with Gasteiger partial charge in [-0.25, -0.2) is 0 Å². The van der Waals surface area contributed by atoms with Crippen molar-refractivity contribution in [1.82, 2.24) is 0 Å². The van der Waals surface area contributed by atoms with E-state index in [9.17, 15) is 10.2 Å². The van der Waals surface area contributed by atoms with E-state index in [2.05, 4.69) is 103 Å². The van der Waals surface area contributed by atoms with Gasteiger partial charge in [0.15, 0.2) is 0 Å². The van der Waals surface area contributed by atoms with Crippen molar-refractivity contribution in [2.75, 3.05) is 19.8 Å². The molecule has 3 nitrogen and oxygen atoms in total. The Morgan fingerprint density at radius 1 is 0.500 bits per heavy atom. The molecule has 0 aliphatic carbocycles. The fourth-order valence-corrected chi connectivity index (χ4v) is 5.61. The predicted molar refractivity (Wildman–Crippen MR) is 166 cm³/mol. The van der Waals surface area contributed by atoms with Crippen LogP contribution in [0.3, 0.4) is 0 Å². The molecular weight excluding hydrogens is 492 g/mol. The van der Waals surface area contributed by atoms with Crippen molar-refractivity contribution in [3.63, 3.8) is 0 Å². The van der Waals surface area contributed by atoms with Gasteiger partial charge in [-0.1, -0.05) is 103 Å². The molecule has 0 radical (unpaired) electrons. The number of fused-ring (bicyclic) bond motifs is 2. The largest absolute Gasteiger partial charge is 0.491 e. The molecular formula is C37H32O3. The maximum Gasteiger partial charge on any atom is 0.127 e. The fourth-order valence-electron chi connectivity index (χ4n) is 5.61. The summed E-state index contributed by atoms with van der Waals surface area (Å²) in [6, 6.07) is 42.6. The molecule has 198 valence electrons. The van der Waals surface area contributed by atoms with Crippen LogP contribution in [0.2, 0.25) is 0 Å². The quantitative estimate of drug-likeness (QED) is 0.200. The maximum atomic E-state index is 9.69. The fraction of sp³-hybridized carbons (Fsp3) is 0.135. The van der Waals surface area contributed by atoms with E-state index >= 15 is 0 Å². The summed E-state index contributed by atoms with van der Waals surface area (Å²) in [6.07, 6.45) is 1.43. The van der Waals surface area contributed by atoms with Gasteiger partial charge in [0.25, 0.3) is 0 Å². The summed E-state index contributed by atoms with van der Waals surface area (Å²) in [5, 5.41) is 23.8. The molecule has 6 rings (SSSR count). The first kappa shape index (κ1) is 25.8. The Balaban J connectivity index is 1.61. The highest BCUT2D eigenvalue weighted by Crippen LogP contribution is 2.44. The van der Waals surface area contributed by atoms with Crippen LogP contribution in [0, 0.1) is 0 Å². The number of hydrogen-bond acceptors (Lipinski definition) is 3. The number of aliphatic hydroxyl groups excluding tert-OH is 2. The molecule has 6 aromatic rings. The third-order valence-corrected chi connectivity index (χ3v) is 7.50. The Bertz CT molecular complexity index is 1630. The summed E-state index contributed by atoms with van der Waals surface area (Å²) < 4.78 is 6.17. The first-order valence-electron chi connectivity index (χ1n) is 13.8. The lowest BCUT2D eigenvalue weighted by Gasteiger charge is -2.20. The second-order valence-corrected chi connectivity index (χ2v) is 10.0. The molecule has 2 N–H and O–H groups in total. The van der Waals surface area contributed by atoms with Crippen LogP contribution in [0.5, 0.6) is 5.75 Å². The van der Waals surface area contributed by atoms with Crippen molar-refractivity contribution >= 4 is 21.5 Å². The topological polar surface area (TPSA) is 49.7 Å². The summed E-state index contributed by atoms with van der Waals surface area (Å²) in [6.45, 7) is 0.293. The van der Waals surface area contributed by atoms with Crippen molar-refractivity contribution < 1.29 is 14.9 Å². The number of hydrogen-bond donors (Lipinski definition) is 2. The molecule has 6 aromatic carbocycles. The van der Waals surface area contributed by atoms with Gasteiger partial charge in [-0.05, 0) is 86.0 Å². The molecule has 0 aliphatic heterocycles. The van der Waals surface area contributed by atoms with E-state index in [1.807, 2.05) is 18.2 Å². The Hall–Kier alpha value is -4.44. The summed E-state index contributed by atoms with van der Waals surface area (Å²) in [4.78, 5) is 0. The highest BCUT2D eigenvalue weighted by atomic mass is 16.5. The van der Waals surface area contributed by atoms with Gasteiger partial charge >= 0.3 is 0 Å². The summed E-state index contributed by atoms with van der Waals surface area (Å²) in [5.74, 6) is 0.749. The predicted octanol–water partition coefficient (Wildman–Crippen LogP) is 8.29. The monoisotopic (exact) mass is 524 g/mol. The van der Waals surface area contributed by atoms with E-state index in [4.69, 9.17) is 4.74 Å². The minimum absolute atomic E-state index is 0.0578. The van der Waals surface area contributed by atoms with E-state index in [0.29, 0.717) is 6.42 Å². The Labute approximate surface area is 234 Å². The molecule has 3 heteroatoms. The van der Waals surface area contributed by atoms with Gasteiger partial charge in [0.2, 0.25) is 0 Å². The van der Waals surface area contributed by atoms with Gasteiger partial charge < -0.3 is 14.9 Å². The number of ether oxygens (including phenoxy) is 1. The highest BCUT2D eigenvalue weighted by Gasteiger charge is 2.19. The molecule has 0 spiro atoms. The van der Waals surface area contributed by atoms with Crippen LogP contribution in [0.1, 0.15) is 12.0 Å². The lowest BCUT2D eigenvalue weighted by atomic mass is 9.86. The molecule has 0 bridgehead atoms. The first-order valence-corrected chi connectivity index (χ1v) is 13.8. The van der Waals surface area contributed by atoms with Crippen LogP contribution in [0.4, 0.5) is 0 Å². The van der Waals surface area contributed by atoms with Gasteiger partial charge in [-0.15, -0.1) is 0 Å². The van der Waals surface area contributed by atoms with Gasteiger partial charge in [-0.2, -0.15) is 0 Å². The Morgan fingerprint density at radius 3 is 1.65 bits per heavy atom. The minimum Gasteiger partial charge on any atom is -0.491 e. The smallest absolute Gasteiger partial charge is 0.127 e. The third kappa shape index (κ3) is 5.10. The number of rotatable bonds is 9. The summed E-state index contributed by atoms with van der Waals surface area (Å²) >= 11 is 0. The summed E-state index contributed by atoms with van der Waals surface area (Å²) in [5.41, 5.74) is 8.00. The van der Waals surface area contributed by atoms with Crippen LogP contribution in [-0.2, 0) is 6.42 Å². The second-order valence-electron chi connectivity index (χ2n) is 10.0. The molecule has 0 saturated heterocycles. The van der Waals surface area contributed by atoms with Crippen molar-refractivity contribution in [3.8, 4) is 39.1 Å². The van der Waals surface area contributed by atoms with E-state index in [-0.39, 0.29) is 19.8 Å². The van der Waals surface area contributed by atoms with E-state index in [0.717, 1.165) is 50.4 Å². The van der Waals surface area contributed by atoms with E-state index in [1.54, 1.807) is 0 Å². The van der Waals surface area contributed by atoms with Crippen molar-refractivity contribution in [1.29, 1.82) is 0 Å². The number of aryl methyl sites for hydroxylation is 1. The number of aliphatic hydroxyl groups is 2. The standard InChI is InChI=1S/C37H32O3/c38-21-7-12-28-13-14-31-24-29(26-8-3-1-4-9-26)15-18-33(31)36(28)37-34-19-16-30(27-10-5-2-6-11-27)25-32(34)17-20-35(37)40-23-22-39/h1-6,8-11,13-20,24-25,38-39H,7,12,21-23H2. The molecule has 0 atom stereocenters. The van der Waals surface area contributed by atoms with Crippen LogP contribution >= 0.6 is 0 Å². The molecule has 0 saturated carbocycles. The second kappa shape index (κ2) is 11.7. The van der Waals surface area contributed by atoms with Crippen molar-refractivity contribution in [2.45, 2.75) is 12.8 Å². The summed E-state index contributed by atoms with van der Waals surface area (Å²) in [7, 11) is 0.